The van der Waals surface area contributed by atoms with Crippen LogP contribution in [-0.2, 0) is 11.2 Å². The largest absolute Gasteiger partial charge is 0.299 e. The highest BCUT2D eigenvalue weighted by atomic mass is 32.2. The molecule has 0 spiro atoms. The molecule has 2 saturated heterocycles. The highest BCUT2D eigenvalue weighted by molar-refractivity contribution is 8.00. The second-order valence-corrected chi connectivity index (χ2v) is 6.73. The molecule has 2 aliphatic rings. The predicted octanol–water partition coefficient (Wildman–Crippen LogP) is 2.87. The molecular formula is C14H17NOS. The first kappa shape index (κ1) is 11.3. The highest BCUT2D eigenvalue weighted by Crippen LogP contribution is 2.46. The minimum atomic E-state index is 0.321. The number of ketones is 1. The van der Waals surface area contributed by atoms with Crippen LogP contribution in [0.4, 0.5) is 0 Å². The smallest absolute Gasteiger partial charge is 0.140 e. The van der Waals surface area contributed by atoms with Crippen LogP contribution in [0, 0.1) is 5.92 Å². The molecule has 0 amide bonds. The van der Waals surface area contributed by atoms with Crippen molar-refractivity contribution in [2.24, 2.45) is 5.92 Å². The van der Waals surface area contributed by atoms with Crippen LogP contribution in [0.5, 0.6) is 0 Å². The van der Waals surface area contributed by atoms with E-state index in [2.05, 4.69) is 16.7 Å². The SMILES string of the molecule is O=C(Cc1ccncc1)C1CC2CCC(C1)S2. The molecule has 0 N–H and O–H groups in total. The van der Waals surface area contributed by atoms with Crippen molar-refractivity contribution in [3.05, 3.63) is 30.1 Å². The summed E-state index contributed by atoms with van der Waals surface area (Å²) in [7, 11) is 0. The highest BCUT2D eigenvalue weighted by Gasteiger charge is 2.37. The van der Waals surface area contributed by atoms with Crippen molar-refractivity contribution in [2.45, 2.75) is 42.6 Å². The molecule has 17 heavy (non-hydrogen) atoms. The fraction of sp³-hybridized carbons (Fsp3) is 0.571. The molecule has 3 heteroatoms. The van der Waals surface area contributed by atoms with Gasteiger partial charge >= 0.3 is 0 Å². The van der Waals surface area contributed by atoms with Gasteiger partial charge in [-0.1, -0.05) is 0 Å². The molecule has 90 valence electrons. The van der Waals surface area contributed by atoms with Crippen LogP contribution >= 0.6 is 11.8 Å². The van der Waals surface area contributed by atoms with E-state index in [-0.39, 0.29) is 0 Å². The summed E-state index contributed by atoms with van der Waals surface area (Å²) in [5.74, 6) is 0.760. The molecule has 3 rings (SSSR count). The van der Waals surface area contributed by atoms with E-state index in [9.17, 15) is 4.79 Å². The Hall–Kier alpha value is -0.830. The van der Waals surface area contributed by atoms with Crippen molar-refractivity contribution in [3.8, 4) is 0 Å². The van der Waals surface area contributed by atoms with Crippen LogP contribution in [0.2, 0.25) is 0 Å². The summed E-state index contributed by atoms with van der Waals surface area (Å²) in [4.78, 5) is 16.2. The Kier molecular flexibility index (Phi) is 3.19. The molecule has 2 unspecified atom stereocenters. The maximum Gasteiger partial charge on any atom is 0.140 e. The van der Waals surface area contributed by atoms with E-state index in [1.54, 1.807) is 12.4 Å². The number of pyridine rings is 1. The first-order valence-electron chi connectivity index (χ1n) is 6.38. The molecule has 0 radical (unpaired) electrons. The van der Waals surface area contributed by atoms with Crippen molar-refractivity contribution >= 4 is 17.5 Å². The lowest BCUT2D eigenvalue weighted by Gasteiger charge is -2.26. The number of nitrogens with zero attached hydrogens (tertiary/aromatic N) is 1. The number of rotatable bonds is 3. The van der Waals surface area contributed by atoms with Gasteiger partial charge in [-0.25, -0.2) is 0 Å². The molecule has 3 heterocycles. The normalized spacial score (nSPS) is 31.4. The number of carbonyl (C=O) groups excluding carboxylic acids is 1. The fourth-order valence-corrected chi connectivity index (χ4v) is 4.74. The zero-order chi connectivity index (χ0) is 11.7. The second-order valence-electron chi connectivity index (χ2n) is 5.12. The third-order valence-electron chi connectivity index (χ3n) is 3.87. The van der Waals surface area contributed by atoms with Gasteiger partial charge in [-0.15, -0.1) is 0 Å². The lowest BCUT2D eigenvalue weighted by molar-refractivity contribution is -0.122. The van der Waals surface area contributed by atoms with Crippen LogP contribution in [0.15, 0.2) is 24.5 Å². The van der Waals surface area contributed by atoms with Crippen LogP contribution in [0.3, 0.4) is 0 Å². The van der Waals surface area contributed by atoms with Gasteiger partial charge in [0.15, 0.2) is 0 Å². The lowest BCUT2D eigenvalue weighted by atomic mass is 9.91. The number of carbonyl (C=O) groups is 1. The van der Waals surface area contributed by atoms with Crippen molar-refractivity contribution < 1.29 is 4.79 Å². The van der Waals surface area contributed by atoms with Gasteiger partial charge in [-0.05, 0) is 43.4 Å². The van der Waals surface area contributed by atoms with E-state index in [0.29, 0.717) is 18.1 Å². The number of Topliss-reactive ketones (excluding diaryl/α,β-unsaturated/α-hetero) is 1. The number of hydrogen-bond donors (Lipinski definition) is 0. The average Bonchev–Trinajstić information content (AvgIpc) is 2.69. The first-order valence-corrected chi connectivity index (χ1v) is 7.32. The Balaban J connectivity index is 1.63. The van der Waals surface area contributed by atoms with Crippen molar-refractivity contribution in [1.82, 2.24) is 4.98 Å². The standard InChI is InChI=1S/C14H17NOS/c16-14(7-10-3-5-15-6-4-10)11-8-12-1-2-13(9-11)17-12/h3-6,11-13H,1-2,7-9H2. The number of thioether (sulfide) groups is 1. The Labute approximate surface area is 106 Å². The van der Waals surface area contributed by atoms with Gasteiger partial charge in [0.2, 0.25) is 0 Å². The monoisotopic (exact) mass is 247 g/mol. The number of fused-ring (bicyclic) bond motifs is 2. The van der Waals surface area contributed by atoms with E-state index in [1.807, 2.05) is 12.1 Å². The quantitative estimate of drug-likeness (QED) is 0.822. The molecule has 0 aromatic carbocycles. The topological polar surface area (TPSA) is 30.0 Å². The minimum Gasteiger partial charge on any atom is -0.299 e. The molecule has 2 nitrogen and oxygen atoms in total. The zero-order valence-corrected chi connectivity index (χ0v) is 10.7. The molecule has 2 aliphatic heterocycles. The summed E-state index contributed by atoms with van der Waals surface area (Å²) >= 11 is 2.12. The van der Waals surface area contributed by atoms with Gasteiger partial charge in [-0.3, -0.25) is 9.78 Å². The van der Waals surface area contributed by atoms with E-state index >= 15 is 0 Å². The van der Waals surface area contributed by atoms with Crippen LogP contribution in [0.25, 0.3) is 0 Å². The summed E-state index contributed by atoms with van der Waals surface area (Å²) in [6.45, 7) is 0. The lowest BCUT2D eigenvalue weighted by Crippen LogP contribution is -2.25. The molecule has 0 saturated carbocycles. The van der Waals surface area contributed by atoms with E-state index < -0.39 is 0 Å². The molecular weight excluding hydrogens is 230 g/mol. The average molecular weight is 247 g/mol. The number of hydrogen-bond acceptors (Lipinski definition) is 3. The van der Waals surface area contributed by atoms with Gasteiger partial charge < -0.3 is 0 Å². The molecule has 1 aromatic heterocycles. The molecule has 2 bridgehead atoms. The van der Waals surface area contributed by atoms with E-state index in [0.717, 1.165) is 28.9 Å². The first-order chi connectivity index (χ1) is 8.31. The Morgan fingerprint density at radius 3 is 2.53 bits per heavy atom. The molecule has 0 aliphatic carbocycles. The van der Waals surface area contributed by atoms with Crippen molar-refractivity contribution in [3.63, 3.8) is 0 Å². The van der Waals surface area contributed by atoms with Crippen molar-refractivity contribution in [1.29, 1.82) is 0 Å². The summed E-state index contributed by atoms with van der Waals surface area (Å²) in [5.41, 5.74) is 1.11. The van der Waals surface area contributed by atoms with Crippen molar-refractivity contribution in [2.75, 3.05) is 0 Å². The van der Waals surface area contributed by atoms with Crippen LogP contribution in [0.1, 0.15) is 31.2 Å². The van der Waals surface area contributed by atoms with Gasteiger partial charge in [0, 0.05) is 35.2 Å². The van der Waals surface area contributed by atoms with Crippen LogP contribution in [-0.4, -0.2) is 21.3 Å². The van der Waals surface area contributed by atoms with E-state index in [1.165, 1.54) is 12.8 Å². The summed E-state index contributed by atoms with van der Waals surface area (Å²) in [6, 6.07) is 3.90. The second kappa shape index (κ2) is 4.81. The van der Waals surface area contributed by atoms with Crippen LogP contribution < -0.4 is 0 Å². The molecule has 2 fully saturated rings. The Morgan fingerprint density at radius 1 is 1.24 bits per heavy atom. The molecule has 1 aromatic rings. The minimum absolute atomic E-state index is 0.321. The number of aromatic nitrogens is 1. The summed E-state index contributed by atoms with van der Waals surface area (Å²) in [5, 5.41) is 1.53. The fourth-order valence-electron chi connectivity index (χ4n) is 2.97. The molecule has 2 atom stereocenters. The Bertz CT molecular complexity index is 394. The van der Waals surface area contributed by atoms with Gasteiger partial charge in [0.25, 0.3) is 0 Å². The van der Waals surface area contributed by atoms with Gasteiger partial charge in [0.05, 0.1) is 0 Å². The maximum absolute atomic E-state index is 12.3. The predicted molar refractivity (Wildman–Crippen MR) is 70.1 cm³/mol. The summed E-state index contributed by atoms with van der Waals surface area (Å²) in [6.07, 6.45) is 9.02. The maximum atomic E-state index is 12.3. The Morgan fingerprint density at radius 2 is 1.88 bits per heavy atom. The third-order valence-corrected chi connectivity index (χ3v) is 5.50. The van der Waals surface area contributed by atoms with Gasteiger partial charge in [0.1, 0.15) is 5.78 Å². The van der Waals surface area contributed by atoms with E-state index in [4.69, 9.17) is 0 Å². The zero-order valence-electron chi connectivity index (χ0n) is 9.84. The summed E-state index contributed by atoms with van der Waals surface area (Å²) < 4.78 is 0. The third kappa shape index (κ3) is 2.54. The van der Waals surface area contributed by atoms with Gasteiger partial charge in [-0.2, -0.15) is 11.8 Å².